The Morgan fingerprint density at radius 1 is 1.67 bits per heavy atom. The Bertz CT molecular complexity index is 37.3. The number of aliphatic hydroxyl groups excluding tert-OH is 1. The SMILES string of the molecule is CCC.N#CO. The monoisotopic (exact) mass is 87.1 g/mol. The predicted molar refractivity (Wildman–Crippen MR) is 23.5 cm³/mol. The molecule has 0 aliphatic rings. The second-order valence-corrected chi connectivity index (χ2v) is 0.807. The van der Waals surface area contributed by atoms with Crippen LogP contribution >= 0.6 is 0 Å². The molecule has 2 heteroatoms. The lowest BCUT2D eigenvalue weighted by molar-refractivity contribution is 0.503. The van der Waals surface area contributed by atoms with Gasteiger partial charge in [-0.25, -0.2) is 0 Å². The van der Waals surface area contributed by atoms with Crippen LogP contribution in [0.3, 0.4) is 0 Å². The maximum absolute atomic E-state index is 6.88. The van der Waals surface area contributed by atoms with Crippen LogP contribution in [0.25, 0.3) is 0 Å². The molecular weight excluding hydrogens is 78.0 g/mol. The summed E-state index contributed by atoms with van der Waals surface area (Å²) >= 11 is 0. The minimum absolute atomic E-state index is 0.750. The second kappa shape index (κ2) is 27.9. The summed E-state index contributed by atoms with van der Waals surface area (Å²) < 4.78 is 0. The van der Waals surface area contributed by atoms with Crippen molar-refractivity contribution in [1.82, 2.24) is 0 Å². The van der Waals surface area contributed by atoms with Crippen molar-refractivity contribution in [2.75, 3.05) is 0 Å². The third kappa shape index (κ3) is 34.2. The molecule has 0 rings (SSSR count). The van der Waals surface area contributed by atoms with Gasteiger partial charge in [0.15, 0.2) is 0 Å². The molecule has 0 aromatic carbocycles. The average molecular weight is 87.1 g/mol. The van der Waals surface area contributed by atoms with E-state index in [2.05, 4.69) is 13.8 Å². The molecule has 0 aliphatic carbocycles. The van der Waals surface area contributed by atoms with E-state index in [1.807, 2.05) is 0 Å². The third-order valence-corrected chi connectivity index (χ3v) is 0. The van der Waals surface area contributed by atoms with E-state index in [1.165, 1.54) is 6.42 Å². The van der Waals surface area contributed by atoms with Gasteiger partial charge in [-0.15, -0.1) is 0 Å². The molecule has 0 bridgehead atoms. The van der Waals surface area contributed by atoms with E-state index in [-0.39, 0.29) is 0 Å². The van der Waals surface area contributed by atoms with Crippen LogP contribution in [0.4, 0.5) is 0 Å². The molecule has 0 amide bonds. The highest BCUT2D eigenvalue weighted by Crippen LogP contribution is 1.56. The Balaban J connectivity index is 0. The van der Waals surface area contributed by atoms with Gasteiger partial charge in [0, 0.05) is 0 Å². The lowest BCUT2D eigenvalue weighted by Gasteiger charge is -1.48. The van der Waals surface area contributed by atoms with E-state index in [4.69, 9.17) is 10.4 Å². The first-order valence-corrected chi connectivity index (χ1v) is 1.86. The zero-order chi connectivity index (χ0) is 5.41. The molecule has 0 aliphatic heterocycles. The molecule has 0 aromatic rings. The fourth-order valence-corrected chi connectivity index (χ4v) is 0. The molecular formula is C4H9NO. The van der Waals surface area contributed by atoms with E-state index in [9.17, 15) is 0 Å². The zero-order valence-corrected chi connectivity index (χ0v) is 4.10. The van der Waals surface area contributed by atoms with Crippen molar-refractivity contribution >= 4 is 0 Å². The molecule has 6 heavy (non-hydrogen) atoms. The van der Waals surface area contributed by atoms with Crippen LogP contribution in [0.5, 0.6) is 0 Å². The van der Waals surface area contributed by atoms with Crippen molar-refractivity contribution in [2.45, 2.75) is 20.3 Å². The Morgan fingerprint density at radius 2 is 1.67 bits per heavy atom. The molecule has 36 valence electrons. The van der Waals surface area contributed by atoms with E-state index >= 15 is 0 Å². The third-order valence-electron chi connectivity index (χ3n) is 0. The number of rotatable bonds is 0. The van der Waals surface area contributed by atoms with Crippen LogP contribution in [-0.4, -0.2) is 5.11 Å². The summed E-state index contributed by atoms with van der Waals surface area (Å²) in [4.78, 5) is 0. The number of hydrogen-bond donors (Lipinski definition) is 1. The molecule has 0 radical (unpaired) electrons. The van der Waals surface area contributed by atoms with Gasteiger partial charge >= 0.3 is 0 Å². The highest BCUT2D eigenvalue weighted by Gasteiger charge is 1.35. The second-order valence-electron chi connectivity index (χ2n) is 0.807. The van der Waals surface area contributed by atoms with Crippen LogP contribution < -0.4 is 0 Å². The van der Waals surface area contributed by atoms with Crippen molar-refractivity contribution in [2.24, 2.45) is 0 Å². The molecule has 0 saturated heterocycles. The van der Waals surface area contributed by atoms with Gasteiger partial charge in [0.2, 0.25) is 0 Å². The van der Waals surface area contributed by atoms with Gasteiger partial charge in [0.1, 0.15) is 0 Å². The molecule has 0 unspecified atom stereocenters. The number of aliphatic hydroxyl groups is 1. The van der Waals surface area contributed by atoms with Crippen LogP contribution in [0.15, 0.2) is 0 Å². The van der Waals surface area contributed by atoms with Crippen molar-refractivity contribution < 1.29 is 5.11 Å². The highest BCUT2D eigenvalue weighted by molar-refractivity contribution is 4.30. The zero-order valence-electron chi connectivity index (χ0n) is 4.10. The largest absolute Gasteiger partial charge is 0.443 e. The Labute approximate surface area is 38.0 Å². The van der Waals surface area contributed by atoms with E-state index in [0.29, 0.717) is 0 Å². The molecule has 0 atom stereocenters. The summed E-state index contributed by atoms with van der Waals surface area (Å²) in [7, 11) is 0. The van der Waals surface area contributed by atoms with Crippen molar-refractivity contribution in [1.29, 1.82) is 5.26 Å². The Hall–Kier alpha value is -0.710. The summed E-state index contributed by atoms with van der Waals surface area (Å²) in [5.41, 5.74) is 0. The fourth-order valence-electron chi connectivity index (χ4n) is 0. The van der Waals surface area contributed by atoms with Gasteiger partial charge in [-0.1, -0.05) is 20.3 Å². The van der Waals surface area contributed by atoms with Crippen molar-refractivity contribution in [3.63, 3.8) is 0 Å². The molecule has 2 nitrogen and oxygen atoms in total. The average Bonchev–Trinajstić information content (AvgIpc) is 1.39. The first-order valence-electron chi connectivity index (χ1n) is 1.86. The summed E-state index contributed by atoms with van der Waals surface area (Å²) in [6.45, 7) is 4.25. The summed E-state index contributed by atoms with van der Waals surface area (Å²) in [6.07, 6.45) is 2.00. The maximum Gasteiger partial charge on any atom is 0.283 e. The van der Waals surface area contributed by atoms with Gasteiger partial charge in [-0.3, -0.25) is 0 Å². The predicted octanol–water partition coefficient (Wildman–Crippen LogP) is 1.26. The van der Waals surface area contributed by atoms with Gasteiger partial charge < -0.3 is 5.11 Å². The van der Waals surface area contributed by atoms with Crippen LogP contribution in [0.1, 0.15) is 20.3 Å². The molecule has 1 N–H and O–H groups in total. The topological polar surface area (TPSA) is 44.0 Å². The Morgan fingerprint density at radius 3 is 1.67 bits per heavy atom. The lowest BCUT2D eigenvalue weighted by atomic mass is 10.6. The smallest absolute Gasteiger partial charge is 0.283 e. The van der Waals surface area contributed by atoms with Crippen LogP contribution in [0, 0.1) is 11.5 Å². The summed E-state index contributed by atoms with van der Waals surface area (Å²) in [5.74, 6) is 0. The highest BCUT2D eigenvalue weighted by atomic mass is 16.2. The number of nitriles is 1. The molecule has 0 aromatic heterocycles. The van der Waals surface area contributed by atoms with Crippen molar-refractivity contribution in [3.05, 3.63) is 0 Å². The van der Waals surface area contributed by atoms with Crippen molar-refractivity contribution in [3.8, 4) is 6.26 Å². The molecule has 0 fully saturated rings. The van der Waals surface area contributed by atoms with E-state index in [0.717, 1.165) is 6.26 Å². The molecule has 0 spiro atoms. The summed E-state index contributed by atoms with van der Waals surface area (Å²) in [5, 5.41) is 13.8. The first kappa shape index (κ1) is 8.99. The molecule has 0 saturated carbocycles. The fraction of sp³-hybridized carbons (Fsp3) is 0.750. The molecule has 0 heterocycles. The van der Waals surface area contributed by atoms with Crippen LogP contribution in [0.2, 0.25) is 0 Å². The summed E-state index contributed by atoms with van der Waals surface area (Å²) in [6, 6.07) is 0. The number of nitrogens with zero attached hydrogens (tertiary/aromatic N) is 1. The number of hydrogen-bond acceptors (Lipinski definition) is 2. The first-order chi connectivity index (χ1) is 2.83. The maximum atomic E-state index is 6.88. The van der Waals surface area contributed by atoms with E-state index in [1.54, 1.807) is 0 Å². The van der Waals surface area contributed by atoms with Gasteiger partial charge in [-0.2, -0.15) is 5.26 Å². The van der Waals surface area contributed by atoms with Gasteiger partial charge in [-0.05, 0) is 0 Å². The lowest BCUT2D eigenvalue weighted by Crippen LogP contribution is -1.27. The minimum Gasteiger partial charge on any atom is -0.443 e. The normalized spacial score (nSPS) is 4.17. The van der Waals surface area contributed by atoms with Gasteiger partial charge in [0.05, 0.1) is 0 Å². The van der Waals surface area contributed by atoms with Gasteiger partial charge in [0.25, 0.3) is 6.26 Å². The standard InChI is InChI=1S/C3H8.CHNO/c1-3-2;2-1-3/h3H2,1-2H3;3H. The quantitative estimate of drug-likeness (QED) is 0.452. The Kier molecular flexibility index (Phi) is 41.8. The van der Waals surface area contributed by atoms with Crippen LogP contribution in [-0.2, 0) is 0 Å². The van der Waals surface area contributed by atoms with E-state index < -0.39 is 0 Å². The minimum atomic E-state index is 0.750.